The van der Waals surface area contributed by atoms with Crippen LogP contribution in [0.3, 0.4) is 0 Å². The normalized spacial score (nSPS) is 10.5. The smallest absolute Gasteiger partial charge is 0.277 e. The molecule has 2 heterocycles. The Bertz CT molecular complexity index is 818. The van der Waals surface area contributed by atoms with E-state index in [0.717, 1.165) is 10.4 Å². The van der Waals surface area contributed by atoms with Crippen LogP contribution in [0.4, 0.5) is 5.13 Å². The summed E-state index contributed by atoms with van der Waals surface area (Å²) in [5, 5.41) is 4.39. The molecule has 3 rings (SSSR count). The van der Waals surface area contributed by atoms with E-state index in [4.69, 9.17) is 23.2 Å². The number of nitrogens with one attached hydrogen (secondary N) is 1. The predicted molar refractivity (Wildman–Crippen MR) is 91.4 cm³/mol. The van der Waals surface area contributed by atoms with E-state index in [1.165, 1.54) is 29.9 Å². The van der Waals surface area contributed by atoms with E-state index in [1.807, 2.05) is 12.1 Å². The highest BCUT2D eigenvalue weighted by atomic mass is 35.5. The van der Waals surface area contributed by atoms with Gasteiger partial charge in [0, 0.05) is 39.9 Å². The Morgan fingerprint density at radius 2 is 1.87 bits per heavy atom. The summed E-state index contributed by atoms with van der Waals surface area (Å²) in [5.41, 5.74) is 1.23. The third kappa shape index (κ3) is 4.25. The van der Waals surface area contributed by atoms with Crippen molar-refractivity contribution in [1.29, 1.82) is 0 Å². The van der Waals surface area contributed by atoms with Gasteiger partial charge in [0.05, 0.1) is 6.20 Å². The Labute approximate surface area is 146 Å². The first-order valence-corrected chi connectivity index (χ1v) is 8.14. The van der Waals surface area contributed by atoms with Crippen LogP contribution in [0.25, 0.3) is 0 Å². The summed E-state index contributed by atoms with van der Waals surface area (Å²) in [6.07, 6.45) is 6.72. The highest BCUT2D eigenvalue weighted by Gasteiger charge is 2.11. The van der Waals surface area contributed by atoms with E-state index < -0.39 is 0 Å². The fourth-order valence-corrected chi connectivity index (χ4v) is 3.35. The van der Waals surface area contributed by atoms with Crippen molar-refractivity contribution in [2.24, 2.45) is 0 Å². The molecule has 0 saturated heterocycles. The summed E-state index contributed by atoms with van der Waals surface area (Å²) in [7, 11) is 0. The molecule has 0 unspecified atom stereocenters. The first kappa shape index (κ1) is 15.9. The molecule has 3 aromatic rings. The summed E-state index contributed by atoms with van der Waals surface area (Å²) in [6.45, 7) is 0. The van der Waals surface area contributed by atoms with Gasteiger partial charge in [0.25, 0.3) is 5.91 Å². The quantitative estimate of drug-likeness (QED) is 0.756. The number of aromatic nitrogens is 3. The van der Waals surface area contributed by atoms with E-state index in [9.17, 15) is 4.79 Å². The Kier molecular flexibility index (Phi) is 4.85. The van der Waals surface area contributed by atoms with Crippen LogP contribution in [0.2, 0.25) is 10.0 Å². The number of carbonyl (C=O) groups excluding carboxylic acids is 1. The maximum Gasteiger partial charge on any atom is 0.277 e. The van der Waals surface area contributed by atoms with Gasteiger partial charge in [-0.05, 0) is 23.8 Å². The summed E-state index contributed by atoms with van der Waals surface area (Å²) in [5.74, 6) is -0.343. The molecule has 1 N–H and O–H groups in total. The van der Waals surface area contributed by atoms with Crippen molar-refractivity contribution in [3.8, 4) is 0 Å². The molecule has 0 bridgehead atoms. The zero-order chi connectivity index (χ0) is 16.2. The van der Waals surface area contributed by atoms with Crippen LogP contribution in [-0.2, 0) is 6.42 Å². The number of hydrogen-bond acceptors (Lipinski definition) is 5. The Morgan fingerprint density at radius 3 is 2.57 bits per heavy atom. The van der Waals surface area contributed by atoms with Crippen molar-refractivity contribution in [1.82, 2.24) is 15.0 Å². The molecule has 1 amide bonds. The number of amides is 1. The molecule has 0 radical (unpaired) electrons. The van der Waals surface area contributed by atoms with Crippen molar-refractivity contribution >= 4 is 45.6 Å². The summed E-state index contributed by atoms with van der Waals surface area (Å²) in [4.78, 5) is 25.0. The van der Waals surface area contributed by atoms with E-state index in [-0.39, 0.29) is 11.6 Å². The van der Waals surface area contributed by atoms with E-state index >= 15 is 0 Å². The van der Waals surface area contributed by atoms with Gasteiger partial charge in [0.1, 0.15) is 5.69 Å². The van der Waals surface area contributed by atoms with Crippen molar-refractivity contribution in [3.05, 3.63) is 69.2 Å². The number of nitrogens with zero attached hydrogens (tertiary/aromatic N) is 3. The molecular weight excluding hydrogens is 355 g/mol. The molecule has 0 fully saturated rings. The molecule has 23 heavy (non-hydrogen) atoms. The van der Waals surface area contributed by atoms with Crippen LogP contribution in [-0.4, -0.2) is 20.9 Å². The van der Waals surface area contributed by atoms with Gasteiger partial charge in [-0.3, -0.25) is 15.1 Å². The standard InChI is InChI=1S/C15H10Cl2N4OS/c16-10-3-9(4-11(17)6-10)5-12-7-20-15(23-12)21-14(22)13-8-18-1-2-19-13/h1-4,6-8H,5H2,(H,20,21,22). The van der Waals surface area contributed by atoms with Crippen LogP contribution < -0.4 is 5.32 Å². The molecule has 2 aromatic heterocycles. The third-order valence-electron chi connectivity index (χ3n) is 2.87. The topological polar surface area (TPSA) is 67.8 Å². The fraction of sp³-hybridized carbons (Fsp3) is 0.0667. The Morgan fingerprint density at radius 1 is 1.09 bits per heavy atom. The first-order valence-electron chi connectivity index (χ1n) is 6.57. The van der Waals surface area contributed by atoms with Crippen LogP contribution in [0.1, 0.15) is 20.9 Å². The van der Waals surface area contributed by atoms with Gasteiger partial charge in [-0.15, -0.1) is 11.3 Å². The lowest BCUT2D eigenvalue weighted by atomic mass is 10.1. The van der Waals surface area contributed by atoms with E-state index in [2.05, 4.69) is 20.3 Å². The Balaban J connectivity index is 1.69. The highest BCUT2D eigenvalue weighted by molar-refractivity contribution is 7.15. The minimum atomic E-state index is -0.343. The van der Waals surface area contributed by atoms with Crippen molar-refractivity contribution in [2.45, 2.75) is 6.42 Å². The molecule has 0 aliphatic rings. The summed E-state index contributed by atoms with van der Waals surface area (Å²) < 4.78 is 0. The van der Waals surface area contributed by atoms with Crippen molar-refractivity contribution in [3.63, 3.8) is 0 Å². The molecule has 1 aromatic carbocycles. The molecule has 0 aliphatic carbocycles. The van der Waals surface area contributed by atoms with Crippen LogP contribution in [0.15, 0.2) is 43.0 Å². The molecular formula is C15H10Cl2N4OS. The van der Waals surface area contributed by atoms with Gasteiger partial charge in [-0.2, -0.15) is 0 Å². The maximum absolute atomic E-state index is 12.0. The van der Waals surface area contributed by atoms with Gasteiger partial charge in [-0.25, -0.2) is 9.97 Å². The molecule has 5 nitrogen and oxygen atoms in total. The minimum absolute atomic E-state index is 0.242. The lowest BCUT2D eigenvalue weighted by Gasteiger charge is -2.01. The minimum Gasteiger partial charge on any atom is -0.296 e. The largest absolute Gasteiger partial charge is 0.296 e. The number of rotatable bonds is 4. The zero-order valence-corrected chi connectivity index (χ0v) is 14.0. The summed E-state index contributed by atoms with van der Waals surface area (Å²) in [6, 6.07) is 5.39. The number of thiazole rings is 1. The maximum atomic E-state index is 12.0. The number of anilines is 1. The van der Waals surface area contributed by atoms with Gasteiger partial charge in [-0.1, -0.05) is 23.2 Å². The number of halogens is 2. The van der Waals surface area contributed by atoms with E-state index in [0.29, 0.717) is 21.6 Å². The van der Waals surface area contributed by atoms with Gasteiger partial charge < -0.3 is 0 Å². The second-order valence-electron chi connectivity index (χ2n) is 4.63. The molecule has 116 valence electrons. The third-order valence-corrected chi connectivity index (χ3v) is 4.22. The number of benzene rings is 1. The zero-order valence-electron chi connectivity index (χ0n) is 11.7. The van der Waals surface area contributed by atoms with Crippen LogP contribution >= 0.6 is 34.5 Å². The Hall–Kier alpha value is -2.02. The molecule has 8 heteroatoms. The first-order chi connectivity index (χ1) is 11.1. The summed E-state index contributed by atoms with van der Waals surface area (Å²) >= 11 is 13.4. The number of carbonyl (C=O) groups is 1. The van der Waals surface area contributed by atoms with Gasteiger partial charge in [0.2, 0.25) is 0 Å². The van der Waals surface area contributed by atoms with Gasteiger partial charge in [0.15, 0.2) is 5.13 Å². The SMILES string of the molecule is O=C(Nc1ncc(Cc2cc(Cl)cc(Cl)c2)s1)c1cnccn1. The van der Waals surface area contributed by atoms with Crippen molar-refractivity contribution < 1.29 is 4.79 Å². The fourth-order valence-electron chi connectivity index (χ4n) is 1.94. The lowest BCUT2D eigenvalue weighted by Crippen LogP contribution is -2.13. The number of hydrogen-bond donors (Lipinski definition) is 1. The monoisotopic (exact) mass is 364 g/mol. The second kappa shape index (κ2) is 7.04. The van der Waals surface area contributed by atoms with Crippen molar-refractivity contribution in [2.75, 3.05) is 5.32 Å². The van der Waals surface area contributed by atoms with E-state index in [1.54, 1.807) is 12.3 Å². The average molecular weight is 365 g/mol. The van der Waals surface area contributed by atoms with Gasteiger partial charge >= 0.3 is 0 Å². The molecule has 0 spiro atoms. The highest BCUT2D eigenvalue weighted by Crippen LogP contribution is 2.25. The predicted octanol–water partition coefficient (Wildman–Crippen LogP) is 4.08. The average Bonchev–Trinajstić information content (AvgIpc) is 2.94. The lowest BCUT2D eigenvalue weighted by molar-refractivity contribution is 0.102. The van der Waals surface area contributed by atoms with Crippen LogP contribution in [0, 0.1) is 0 Å². The molecule has 0 saturated carbocycles. The molecule has 0 aliphatic heterocycles. The molecule has 0 atom stereocenters. The second-order valence-corrected chi connectivity index (χ2v) is 6.62. The van der Waals surface area contributed by atoms with Crippen LogP contribution in [0.5, 0.6) is 0 Å².